The quantitative estimate of drug-likeness (QED) is 0.383. The second kappa shape index (κ2) is 7.44. The minimum Gasteiger partial charge on any atom is -0.399 e. The summed E-state index contributed by atoms with van der Waals surface area (Å²) >= 11 is 3.44. The lowest BCUT2D eigenvalue weighted by Crippen LogP contribution is -2.03. The van der Waals surface area contributed by atoms with Crippen molar-refractivity contribution in [3.63, 3.8) is 0 Å². The number of nitrogens with zero attached hydrogens (tertiary/aromatic N) is 3. The highest BCUT2D eigenvalue weighted by molar-refractivity contribution is 9.10. The van der Waals surface area contributed by atoms with Crippen LogP contribution in [0.5, 0.6) is 0 Å². The van der Waals surface area contributed by atoms with Crippen molar-refractivity contribution in [3.8, 4) is 11.4 Å². The molecule has 0 spiro atoms. The van der Waals surface area contributed by atoms with Crippen molar-refractivity contribution in [2.24, 2.45) is 5.10 Å². The molecule has 0 fully saturated rings. The van der Waals surface area contributed by atoms with Gasteiger partial charge >= 0.3 is 0 Å². The summed E-state index contributed by atoms with van der Waals surface area (Å²) in [6, 6.07) is 17.4. The molecule has 25 heavy (non-hydrogen) atoms. The van der Waals surface area contributed by atoms with Crippen molar-refractivity contribution in [1.29, 1.82) is 0 Å². The summed E-state index contributed by atoms with van der Waals surface area (Å²) in [5.74, 6) is 1.31. The third-order valence-corrected chi connectivity index (χ3v) is 4.13. The fraction of sp³-hybridized carbons (Fsp3) is 0.105. The zero-order chi connectivity index (χ0) is 17.8. The van der Waals surface area contributed by atoms with Gasteiger partial charge in [0.2, 0.25) is 0 Å². The lowest BCUT2D eigenvalue weighted by atomic mass is 10.1. The molecule has 0 aliphatic carbocycles. The number of nitrogen functional groups attached to an aromatic ring is 1. The van der Waals surface area contributed by atoms with Gasteiger partial charge in [-0.2, -0.15) is 5.10 Å². The maximum Gasteiger partial charge on any atom is 0.161 e. The maximum atomic E-state index is 5.82. The topological polar surface area (TPSA) is 76.2 Å². The monoisotopic (exact) mass is 395 g/mol. The molecule has 2 aromatic carbocycles. The third kappa shape index (κ3) is 4.42. The highest BCUT2D eigenvalue weighted by atomic mass is 79.9. The fourth-order valence-corrected chi connectivity index (χ4v) is 2.59. The van der Waals surface area contributed by atoms with Crippen LogP contribution in [0, 0.1) is 6.92 Å². The van der Waals surface area contributed by atoms with E-state index in [-0.39, 0.29) is 0 Å². The van der Waals surface area contributed by atoms with Crippen molar-refractivity contribution < 1.29 is 0 Å². The molecule has 0 saturated heterocycles. The molecule has 0 bridgehead atoms. The van der Waals surface area contributed by atoms with Crippen LogP contribution in [0.4, 0.5) is 11.5 Å². The van der Waals surface area contributed by atoms with Gasteiger partial charge in [-0.05, 0) is 43.7 Å². The predicted molar refractivity (Wildman–Crippen MR) is 107 cm³/mol. The summed E-state index contributed by atoms with van der Waals surface area (Å²) in [7, 11) is 0. The highest BCUT2D eigenvalue weighted by Gasteiger charge is 2.05. The van der Waals surface area contributed by atoms with Gasteiger partial charge in [0.05, 0.1) is 5.71 Å². The Morgan fingerprint density at radius 2 is 1.84 bits per heavy atom. The number of nitrogens with two attached hydrogens (primary N) is 1. The van der Waals surface area contributed by atoms with Crippen LogP contribution in [-0.4, -0.2) is 15.7 Å². The first kappa shape index (κ1) is 17.1. The number of benzene rings is 2. The number of hydrazone groups is 1. The molecule has 0 atom stereocenters. The van der Waals surface area contributed by atoms with Gasteiger partial charge < -0.3 is 5.73 Å². The van der Waals surface area contributed by atoms with Crippen LogP contribution in [0.3, 0.4) is 0 Å². The lowest BCUT2D eigenvalue weighted by Gasteiger charge is -2.07. The highest BCUT2D eigenvalue weighted by Crippen LogP contribution is 2.20. The van der Waals surface area contributed by atoms with Crippen LogP contribution < -0.4 is 11.2 Å². The molecule has 0 amide bonds. The SMILES string of the molecule is CC(=NNc1cc(C)nc(-c2ccc(Br)cc2)n1)c1cccc(N)c1. The molecule has 3 aromatic rings. The standard InChI is InChI=1S/C19H18BrN5/c1-12-10-18(23-19(22-12)14-6-8-16(20)9-7-14)25-24-13(2)15-4-3-5-17(21)11-15/h3-11H,21H2,1-2H3,(H,22,23,25). The van der Waals surface area contributed by atoms with E-state index in [1.54, 1.807) is 0 Å². The Labute approximate surface area is 155 Å². The van der Waals surface area contributed by atoms with E-state index in [4.69, 9.17) is 5.73 Å². The smallest absolute Gasteiger partial charge is 0.161 e. The van der Waals surface area contributed by atoms with Crippen molar-refractivity contribution in [2.75, 3.05) is 11.2 Å². The predicted octanol–water partition coefficient (Wildman–Crippen LogP) is 4.63. The second-order valence-electron chi connectivity index (χ2n) is 5.66. The largest absolute Gasteiger partial charge is 0.399 e. The average Bonchev–Trinajstić information content (AvgIpc) is 2.60. The van der Waals surface area contributed by atoms with Gasteiger partial charge in [0.1, 0.15) is 0 Å². The normalized spacial score (nSPS) is 11.4. The zero-order valence-electron chi connectivity index (χ0n) is 14.0. The number of hydrogen-bond acceptors (Lipinski definition) is 5. The Kier molecular flexibility index (Phi) is 5.09. The Morgan fingerprint density at radius 3 is 2.56 bits per heavy atom. The summed E-state index contributed by atoms with van der Waals surface area (Å²) in [6.45, 7) is 3.86. The summed E-state index contributed by atoms with van der Waals surface area (Å²) in [4.78, 5) is 9.05. The molecule has 1 heterocycles. The Morgan fingerprint density at radius 1 is 1.08 bits per heavy atom. The molecular weight excluding hydrogens is 378 g/mol. The van der Waals surface area contributed by atoms with Crippen LogP contribution in [0.15, 0.2) is 64.2 Å². The van der Waals surface area contributed by atoms with Crippen LogP contribution in [0.2, 0.25) is 0 Å². The minimum atomic E-state index is 0.647. The van der Waals surface area contributed by atoms with E-state index in [2.05, 4.69) is 36.4 Å². The Bertz CT molecular complexity index is 919. The summed E-state index contributed by atoms with van der Waals surface area (Å²) in [5, 5.41) is 4.41. The van der Waals surface area contributed by atoms with Gasteiger partial charge in [-0.15, -0.1) is 0 Å². The number of halogens is 1. The zero-order valence-corrected chi connectivity index (χ0v) is 15.6. The van der Waals surface area contributed by atoms with Crippen molar-refractivity contribution in [3.05, 3.63) is 70.3 Å². The lowest BCUT2D eigenvalue weighted by molar-refractivity contribution is 1.09. The summed E-state index contributed by atoms with van der Waals surface area (Å²) < 4.78 is 1.02. The Hall–Kier alpha value is -2.73. The molecule has 0 unspecified atom stereocenters. The van der Waals surface area contributed by atoms with Gasteiger partial charge in [-0.3, -0.25) is 5.43 Å². The van der Waals surface area contributed by atoms with Gasteiger partial charge in [-0.1, -0.05) is 40.2 Å². The van der Waals surface area contributed by atoms with Crippen LogP contribution in [0.1, 0.15) is 18.2 Å². The molecule has 6 heteroatoms. The molecule has 5 nitrogen and oxygen atoms in total. The van der Waals surface area contributed by atoms with Crippen molar-refractivity contribution in [2.45, 2.75) is 13.8 Å². The summed E-state index contributed by atoms with van der Waals surface area (Å²) in [6.07, 6.45) is 0. The molecule has 1 aromatic heterocycles. The first-order valence-corrected chi connectivity index (χ1v) is 8.58. The fourth-order valence-electron chi connectivity index (χ4n) is 2.32. The van der Waals surface area contributed by atoms with Crippen LogP contribution in [-0.2, 0) is 0 Å². The maximum absolute atomic E-state index is 5.82. The van der Waals surface area contributed by atoms with E-state index in [1.807, 2.05) is 68.4 Å². The van der Waals surface area contributed by atoms with E-state index in [1.165, 1.54) is 0 Å². The number of nitrogens with one attached hydrogen (secondary N) is 1. The van der Waals surface area contributed by atoms with E-state index in [9.17, 15) is 0 Å². The molecular formula is C19H18BrN5. The van der Waals surface area contributed by atoms with Crippen LogP contribution >= 0.6 is 15.9 Å². The van der Waals surface area contributed by atoms with Crippen LogP contribution in [0.25, 0.3) is 11.4 Å². The van der Waals surface area contributed by atoms with E-state index in [0.717, 1.165) is 27.0 Å². The summed E-state index contributed by atoms with van der Waals surface area (Å²) in [5.41, 5.74) is 13.2. The van der Waals surface area contributed by atoms with Crippen molar-refractivity contribution in [1.82, 2.24) is 9.97 Å². The van der Waals surface area contributed by atoms with Gasteiger partial charge in [0.15, 0.2) is 11.6 Å². The van der Waals surface area contributed by atoms with Gasteiger partial charge in [0, 0.05) is 27.5 Å². The number of aromatic nitrogens is 2. The molecule has 3 rings (SSSR count). The molecule has 0 aliphatic heterocycles. The first-order chi connectivity index (χ1) is 12.0. The van der Waals surface area contributed by atoms with Crippen molar-refractivity contribution >= 4 is 33.1 Å². The second-order valence-corrected chi connectivity index (χ2v) is 6.58. The minimum absolute atomic E-state index is 0.647. The molecule has 0 aliphatic rings. The molecule has 0 saturated carbocycles. The molecule has 3 N–H and O–H groups in total. The van der Waals surface area contributed by atoms with Gasteiger partial charge in [0.25, 0.3) is 0 Å². The van der Waals surface area contributed by atoms with Gasteiger partial charge in [-0.25, -0.2) is 9.97 Å². The first-order valence-electron chi connectivity index (χ1n) is 7.79. The van der Waals surface area contributed by atoms with E-state index < -0.39 is 0 Å². The number of hydrogen-bond donors (Lipinski definition) is 2. The number of anilines is 2. The average molecular weight is 396 g/mol. The number of rotatable bonds is 4. The van der Waals surface area contributed by atoms with E-state index in [0.29, 0.717) is 17.3 Å². The number of aryl methyl sites for hydroxylation is 1. The Balaban J connectivity index is 1.85. The van der Waals surface area contributed by atoms with E-state index >= 15 is 0 Å². The molecule has 126 valence electrons. The molecule has 0 radical (unpaired) electrons. The third-order valence-electron chi connectivity index (χ3n) is 3.60.